The van der Waals surface area contributed by atoms with Crippen LogP contribution in [-0.4, -0.2) is 6.54 Å². The van der Waals surface area contributed by atoms with Crippen LogP contribution in [0, 0.1) is 13.8 Å². The van der Waals surface area contributed by atoms with Crippen LogP contribution in [0.15, 0.2) is 52.3 Å². The first kappa shape index (κ1) is 15.1. The van der Waals surface area contributed by atoms with Gasteiger partial charge in [0.2, 0.25) is 0 Å². The van der Waals surface area contributed by atoms with Crippen molar-refractivity contribution in [3.63, 3.8) is 0 Å². The standard InChI is InChI=1S/C18H23NS/c1-5-19-15(4)17-8-6-7-9-18(17)20-16-11-10-13(2)14(3)12-16/h6-12,15,19H,5H2,1-4H3. The number of aryl methyl sites for hydroxylation is 2. The van der Waals surface area contributed by atoms with Crippen molar-refractivity contribution in [3.05, 3.63) is 59.2 Å². The van der Waals surface area contributed by atoms with E-state index in [0.717, 1.165) is 6.54 Å². The van der Waals surface area contributed by atoms with Crippen LogP contribution in [0.3, 0.4) is 0 Å². The van der Waals surface area contributed by atoms with E-state index < -0.39 is 0 Å². The second kappa shape index (κ2) is 6.96. The van der Waals surface area contributed by atoms with Crippen LogP contribution in [-0.2, 0) is 0 Å². The van der Waals surface area contributed by atoms with Crippen molar-refractivity contribution in [2.45, 2.75) is 43.5 Å². The molecule has 0 spiro atoms. The van der Waals surface area contributed by atoms with E-state index in [0.29, 0.717) is 6.04 Å². The van der Waals surface area contributed by atoms with Gasteiger partial charge in [-0.3, -0.25) is 0 Å². The van der Waals surface area contributed by atoms with E-state index in [-0.39, 0.29) is 0 Å². The molecule has 0 heterocycles. The fourth-order valence-corrected chi connectivity index (χ4v) is 3.39. The molecule has 0 saturated heterocycles. The highest BCUT2D eigenvalue weighted by molar-refractivity contribution is 7.99. The molecule has 2 aromatic rings. The molecule has 2 aromatic carbocycles. The molecule has 0 aliphatic heterocycles. The Morgan fingerprint density at radius 3 is 2.50 bits per heavy atom. The quantitative estimate of drug-likeness (QED) is 0.817. The highest BCUT2D eigenvalue weighted by Gasteiger charge is 2.10. The van der Waals surface area contributed by atoms with Crippen LogP contribution >= 0.6 is 11.8 Å². The third-order valence-electron chi connectivity index (χ3n) is 3.60. The molecule has 0 saturated carbocycles. The summed E-state index contributed by atoms with van der Waals surface area (Å²) in [6.45, 7) is 9.69. The molecule has 1 nitrogen and oxygen atoms in total. The third-order valence-corrected chi connectivity index (χ3v) is 4.68. The lowest BCUT2D eigenvalue weighted by Crippen LogP contribution is -2.18. The average molecular weight is 285 g/mol. The molecule has 20 heavy (non-hydrogen) atoms. The minimum atomic E-state index is 0.384. The van der Waals surface area contributed by atoms with Gasteiger partial charge in [0.05, 0.1) is 0 Å². The maximum atomic E-state index is 3.50. The molecular formula is C18H23NS. The molecule has 0 amide bonds. The van der Waals surface area contributed by atoms with E-state index in [1.807, 2.05) is 11.8 Å². The lowest BCUT2D eigenvalue weighted by molar-refractivity contribution is 0.590. The van der Waals surface area contributed by atoms with Gasteiger partial charge in [0.15, 0.2) is 0 Å². The van der Waals surface area contributed by atoms with Crippen LogP contribution in [0.25, 0.3) is 0 Å². The summed E-state index contributed by atoms with van der Waals surface area (Å²) in [6.07, 6.45) is 0. The first-order chi connectivity index (χ1) is 9.61. The Labute approximate surface area is 126 Å². The lowest BCUT2D eigenvalue weighted by atomic mass is 10.1. The molecule has 0 aliphatic rings. The van der Waals surface area contributed by atoms with E-state index in [2.05, 4.69) is 75.5 Å². The Morgan fingerprint density at radius 2 is 1.80 bits per heavy atom. The topological polar surface area (TPSA) is 12.0 Å². The predicted octanol–water partition coefficient (Wildman–Crippen LogP) is 5.13. The Hall–Kier alpha value is -1.25. The molecule has 0 aliphatic carbocycles. The number of hydrogen-bond acceptors (Lipinski definition) is 2. The molecule has 0 radical (unpaired) electrons. The van der Waals surface area contributed by atoms with E-state index in [4.69, 9.17) is 0 Å². The average Bonchev–Trinajstić information content (AvgIpc) is 2.44. The summed E-state index contributed by atoms with van der Waals surface area (Å²) in [5, 5.41) is 3.50. The smallest absolute Gasteiger partial charge is 0.0302 e. The zero-order valence-electron chi connectivity index (χ0n) is 12.7. The molecule has 0 fully saturated rings. The van der Waals surface area contributed by atoms with Crippen LogP contribution in [0.1, 0.15) is 36.6 Å². The van der Waals surface area contributed by atoms with Gasteiger partial charge in [-0.1, -0.05) is 43.0 Å². The van der Waals surface area contributed by atoms with Crippen molar-refractivity contribution in [1.29, 1.82) is 0 Å². The zero-order chi connectivity index (χ0) is 14.5. The summed E-state index contributed by atoms with van der Waals surface area (Å²) >= 11 is 1.85. The van der Waals surface area contributed by atoms with Crippen LogP contribution in [0.4, 0.5) is 0 Å². The second-order valence-electron chi connectivity index (χ2n) is 5.17. The van der Waals surface area contributed by atoms with Crippen molar-refractivity contribution < 1.29 is 0 Å². The van der Waals surface area contributed by atoms with Crippen molar-refractivity contribution in [1.82, 2.24) is 5.32 Å². The number of benzene rings is 2. The summed E-state index contributed by atoms with van der Waals surface area (Å²) in [4.78, 5) is 2.65. The minimum absolute atomic E-state index is 0.384. The Kier molecular flexibility index (Phi) is 5.27. The van der Waals surface area contributed by atoms with Gasteiger partial charge in [-0.15, -0.1) is 0 Å². The largest absolute Gasteiger partial charge is 0.310 e. The van der Waals surface area contributed by atoms with Gasteiger partial charge in [0.1, 0.15) is 0 Å². The Balaban J connectivity index is 2.26. The first-order valence-corrected chi connectivity index (χ1v) is 8.01. The fourth-order valence-electron chi connectivity index (χ4n) is 2.25. The van der Waals surface area contributed by atoms with Crippen LogP contribution in [0.5, 0.6) is 0 Å². The molecule has 0 bridgehead atoms. The van der Waals surface area contributed by atoms with E-state index in [1.165, 1.54) is 26.5 Å². The van der Waals surface area contributed by atoms with E-state index in [1.54, 1.807) is 0 Å². The second-order valence-corrected chi connectivity index (χ2v) is 6.28. The molecule has 2 rings (SSSR count). The molecule has 2 heteroatoms. The number of rotatable bonds is 5. The van der Waals surface area contributed by atoms with Crippen molar-refractivity contribution in [3.8, 4) is 0 Å². The molecule has 106 valence electrons. The molecule has 1 N–H and O–H groups in total. The van der Waals surface area contributed by atoms with E-state index >= 15 is 0 Å². The monoisotopic (exact) mass is 285 g/mol. The maximum Gasteiger partial charge on any atom is 0.0302 e. The molecule has 1 atom stereocenters. The Bertz CT molecular complexity index is 577. The van der Waals surface area contributed by atoms with Gasteiger partial charge in [-0.2, -0.15) is 0 Å². The summed E-state index contributed by atoms with van der Waals surface area (Å²) in [6, 6.07) is 15.7. The van der Waals surface area contributed by atoms with E-state index in [9.17, 15) is 0 Å². The highest BCUT2D eigenvalue weighted by Crippen LogP contribution is 2.33. The maximum absolute atomic E-state index is 3.50. The van der Waals surface area contributed by atoms with Gasteiger partial charge in [0.25, 0.3) is 0 Å². The number of nitrogens with one attached hydrogen (secondary N) is 1. The zero-order valence-corrected chi connectivity index (χ0v) is 13.6. The van der Waals surface area contributed by atoms with Gasteiger partial charge >= 0.3 is 0 Å². The summed E-state index contributed by atoms with van der Waals surface area (Å²) < 4.78 is 0. The van der Waals surface area contributed by atoms with Crippen molar-refractivity contribution >= 4 is 11.8 Å². The van der Waals surface area contributed by atoms with Gasteiger partial charge in [-0.25, -0.2) is 0 Å². The fraction of sp³-hybridized carbons (Fsp3) is 0.333. The van der Waals surface area contributed by atoms with Gasteiger partial charge in [0, 0.05) is 15.8 Å². The molecular weight excluding hydrogens is 262 g/mol. The molecule has 1 unspecified atom stereocenters. The van der Waals surface area contributed by atoms with Crippen molar-refractivity contribution in [2.24, 2.45) is 0 Å². The lowest BCUT2D eigenvalue weighted by Gasteiger charge is -2.17. The predicted molar refractivity (Wildman–Crippen MR) is 88.6 cm³/mol. The van der Waals surface area contributed by atoms with Gasteiger partial charge < -0.3 is 5.32 Å². The Morgan fingerprint density at radius 1 is 1.05 bits per heavy atom. The highest BCUT2D eigenvalue weighted by atomic mass is 32.2. The minimum Gasteiger partial charge on any atom is -0.310 e. The molecule has 0 aromatic heterocycles. The number of hydrogen-bond donors (Lipinski definition) is 1. The summed E-state index contributed by atoms with van der Waals surface area (Å²) in [5.74, 6) is 0. The van der Waals surface area contributed by atoms with Crippen LogP contribution in [0.2, 0.25) is 0 Å². The van der Waals surface area contributed by atoms with Crippen LogP contribution < -0.4 is 5.32 Å². The van der Waals surface area contributed by atoms with Crippen molar-refractivity contribution in [2.75, 3.05) is 6.54 Å². The third kappa shape index (κ3) is 3.65. The first-order valence-electron chi connectivity index (χ1n) is 7.19. The SMILES string of the molecule is CCNC(C)c1ccccc1Sc1ccc(C)c(C)c1. The van der Waals surface area contributed by atoms with Gasteiger partial charge in [-0.05, 0) is 62.2 Å². The summed E-state index contributed by atoms with van der Waals surface area (Å²) in [7, 11) is 0. The summed E-state index contributed by atoms with van der Waals surface area (Å²) in [5.41, 5.74) is 4.08. The normalized spacial score (nSPS) is 12.4.